The number of ether oxygens (including phenoxy) is 1. The lowest BCUT2D eigenvalue weighted by Crippen LogP contribution is -2.44. The van der Waals surface area contributed by atoms with Crippen LogP contribution in [0.3, 0.4) is 0 Å². The van der Waals surface area contributed by atoms with Gasteiger partial charge in [0, 0.05) is 10.6 Å². The van der Waals surface area contributed by atoms with Crippen LogP contribution in [-0.4, -0.2) is 29.3 Å². The minimum atomic E-state index is -1.31. The molecule has 39 heavy (non-hydrogen) atoms. The Balaban J connectivity index is 1.99. The molecule has 0 fully saturated rings. The van der Waals surface area contributed by atoms with E-state index in [4.69, 9.17) is 45.3 Å². The molecule has 0 saturated heterocycles. The van der Waals surface area contributed by atoms with Crippen LogP contribution in [0.2, 0.25) is 15.1 Å². The summed E-state index contributed by atoms with van der Waals surface area (Å²) in [5, 5.41) is 5.97. The summed E-state index contributed by atoms with van der Waals surface area (Å²) in [5.41, 5.74) is 6.43. The van der Waals surface area contributed by atoms with Crippen LogP contribution in [0, 0.1) is 0 Å². The molecule has 0 aliphatic heterocycles. The number of amidine groups is 1. The van der Waals surface area contributed by atoms with Crippen LogP contribution in [-0.2, 0) is 14.3 Å². The van der Waals surface area contributed by atoms with Crippen molar-refractivity contribution in [3.63, 3.8) is 0 Å². The van der Waals surface area contributed by atoms with Gasteiger partial charge in [-0.15, -0.1) is 0 Å². The summed E-state index contributed by atoms with van der Waals surface area (Å²) in [6, 6.07) is 16.9. The number of hydrogen-bond acceptors (Lipinski definition) is 4. The van der Waals surface area contributed by atoms with Gasteiger partial charge in [0.25, 0.3) is 5.91 Å². The molecule has 3 amide bonds. The molecule has 4 N–H and O–H groups in total. The van der Waals surface area contributed by atoms with E-state index >= 15 is 0 Å². The third-order valence-electron chi connectivity index (χ3n) is 5.22. The predicted octanol–water partition coefficient (Wildman–Crippen LogP) is 6.00. The van der Waals surface area contributed by atoms with Gasteiger partial charge in [-0.2, -0.15) is 4.99 Å². The standard InChI is InChI=1S/C28H27Cl3N4O4/c1-28(2,3)39-27(38)34-23(18-12-13-20(30)21(31)15-18)25(36)33-22(17-10-7-11-19(29)14-17)26(37)35-24(32)16-8-5-4-6-9-16/h4-15,22-23H,1-3H3,(H,33,36)(H,34,38)(H2,32,35,37). The zero-order valence-corrected chi connectivity index (χ0v) is 23.6. The normalized spacial score (nSPS) is 13.2. The molecular formula is C28H27Cl3N4O4. The second-order valence-corrected chi connectivity index (χ2v) is 10.7. The maximum Gasteiger partial charge on any atom is 0.408 e. The smallest absolute Gasteiger partial charge is 0.408 e. The van der Waals surface area contributed by atoms with Crippen molar-refractivity contribution in [1.82, 2.24) is 10.6 Å². The highest BCUT2D eigenvalue weighted by Gasteiger charge is 2.31. The van der Waals surface area contributed by atoms with Crippen molar-refractivity contribution in [2.24, 2.45) is 10.7 Å². The van der Waals surface area contributed by atoms with Gasteiger partial charge < -0.3 is 21.1 Å². The first-order valence-corrected chi connectivity index (χ1v) is 12.9. The van der Waals surface area contributed by atoms with Crippen molar-refractivity contribution in [3.8, 4) is 0 Å². The summed E-state index contributed by atoms with van der Waals surface area (Å²) >= 11 is 18.4. The van der Waals surface area contributed by atoms with Gasteiger partial charge in [-0.05, 0) is 56.2 Å². The molecule has 2 atom stereocenters. The molecule has 2 unspecified atom stereocenters. The van der Waals surface area contributed by atoms with Crippen LogP contribution in [0.1, 0.15) is 49.5 Å². The van der Waals surface area contributed by atoms with Crippen molar-refractivity contribution >= 4 is 58.5 Å². The fraction of sp³-hybridized carbons (Fsp3) is 0.214. The van der Waals surface area contributed by atoms with E-state index in [0.29, 0.717) is 21.7 Å². The monoisotopic (exact) mass is 588 g/mol. The minimum Gasteiger partial charge on any atom is -0.444 e. The fourth-order valence-electron chi connectivity index (χ4n) is 3.47. The third kappa shape index (κ3) is 8.71. The molecular weight excluding hydrogens is 563 g/mol. The van der Waals surface area contributed by atoms with E-state index in [1.807, 2.05) is 0 Å². The first kappa shape index (κ1) is 30.0. The highest BCUT2D eigenvalue weighted by molar-refractivity contribution is 6.42. The number of benzene rings is 3. The van der Waals surface area contributed by atoms with Gasteiger partial charge in [-0.1, -0.05) is 83.3 Å². The molecule has 0 heterocycles. The van der Waals surface area contributed by atoms with E-state index in [1.54, 1.807) is 69.3 Å². The maximum absolute atomic E-state index is 13.6. The van der Waals surface area contributed by atoms with Gasteiger partial charge in [-0.3, -0.25) is 9.59 Å². The second kappa shape index (κ2) is 13.0. The number of halogens is 3. The van der Waals surface area contributed by atoms with Gasteiger partial charge in [0.15, 0.2) is 0 Å². The highest BCUT2D eigenvalue weighted by atomic mass is 35.5. The number of alkyl carbamates (subject to hydrolysis) is 1. The van der Waals surface area contributed by atoms with Gasteiger partial charge in [-0.25, -0.2) is 4.79 Å². The first-order chi connectivity index (χ1) is 18.3. The number of carbonyl (C=O) groups is 3. The van der Waals surface area contributed by atoms with E-state index in [0.717, 1.165) is 0 Å². The average molecular weight is 590 g/mol. The zero-order chi connectivity index (χ0) is 28.7. The van der Waals surface area contributed by atoms with Crippen molar-refractivity contribution in [2.45, 2.75) is 38.5 Å². The van der Waals surface area contributed by atoms with Crippen molar-refractivity contribution in [3.05, 3.63) is 105 Å². The summed E-state index contributed by atoms with van der Waals surface area (Å²) in [7, 11) is 0. The highest BCUT2D eigenvalue weighted by Crippen LogP contribution is 2.27. The number of nitrogens with zero attached hydrogens (tertiary/aromatic N) is 1. The van der Waals surface area contributed by atoms with Gasteiger partial charge in [0.2, 0.25) is 5.91 Å². The van der Waals surface area contributed by atoms with Gasteiger partial charge in [0.05, 0.1) is 10.0 Å². The molecule has 0 aliphatic rings. The van der Waals surface area contributed by atoms with Crippen LogP contribution in [0.5, 0.6) is 0 Å². The molecule has 204 valence electrons. The van der Waals surface area contributed by atoms with E-state index in [1.165, 1.54) is 24.3 Å². The molecule has 0 saturated carbocycles. The van der Waals surface area contributed by atoms with E-state index in [-0.39, 0.29) is 15.9 Å². The number of rotatable bonds is 7. The van der Waals surface area contributed by atoms with Crippen molar-refractivity contribution in [1.29, 1.82) is 0 Å². The zero-order valence-electron chi connectivity index (χ0n) is 21.4. The summed E-state index contributed by atoms with van der Waals surface area (Å²) in [4.78, 5) is 43.7. The molecule has 3 aromatic carbocycles. The Bertz CT molecular complexity index is 1390. The lowest BCUT2D eigenvalue weighted by Gasteiger charge is -2.25. The SMILES string of the molecule is CC(C)(C)OC(=O)NC(C(=O)NC(C(=O)N=C(N)c1ccccc1)c1cccc(Cl)c1)c1ccc(Cl)c(Cl)c1. The molecule has 0 spiro atoms. The largest absolute Gasteiger partial charge is 0.444 e. The van der Waals surface area contributed by atoms with Crippen molar-refractivity contribution < 1.29 is 19.1 Å². The average Bonchev–Trinajstić information content (AvgIpc) is 2.86. The molecule has 0 bridgehead atoms. The summed E-state index contributed by atoms with van der Waals surface area (Å²) in [6.45, 7) is 5.05. The summed E-state index contributed by atoms with van der Waals surface area (Å²) in [6.07, 6.45) is -0.856. The predicted molar refractivity (Wildman–Crippen MR) is 153 cm³/mol. The van der Waals surface area contributed by atoms with Crippen LogP contribution >= 0.6 is 34.8 Å². The Morgan fingerprint density at radius 1 is 0.821 bits per heavy atom. The third-order valence-corrected chi connectivity index (χ3v) is 6.19. The number of nitrogens with one attached hydrogen (secondary N) is 2. The number of carbonyl (C=O) groups excluding carboxylic acids is 3. The molecule has 11 heteroatoms. The molecule has 3 aromatic rings. The summed E-state index contributed by atoms with van der Waals surface area (Å²) < 4.78 is 5.34. The summed E-state index contributed by atoms with van der Waals surface area (Å²) in [5.74, 6) is -1.53. The quantitative estimate of drug-likeness (QED) is 0.230. The topological polar surface area (TPSA) is 123 Å². The van der Waals surface area contributed by atoms with E-state index in [9.17, 15) is 14.4 Å². The van der Waals surface area contributed by atoms with Crippen LogP contribution in [0.4, 0.5) is 4.79 Å². The Morgan fingerprint density at radius 2 is 1.49 bits per heavy atom. The Hall–Kier alpha value is -3.59. The lowest BCUT2D eigenvalue weighted by atomic mass is 10.0. The van der Waals surface area contributed by atoms with Gasteiger partial charge >= 0.3 is 6.09 Å². The fourth-order valence-corrected chi connectivity index (χ4v) is 3.98. The molecule has 0 radical (unpaired) electrons. The Morgan fingerprint density at radius 3 is 2.10 bits per heavy atom. The van der Waals surface area contributed by atoms with Crippen LogP contribution in [0.25, 0.3) is 0 Å². The van der Waals surface area contributed by atoms with Gasteiger partial charge in [0.1, 0.15) is 23.5 Å². The Labute approximate surface area is 241 Å². The number of amides is 3. The Kier molecular flexibility index (Phi) is 9.97. The molecule has 0 aliphatic carbocycles. The lowest BCUT2D eigenvalue weighted by molar-refractivity contribution is -0.128. The number of hydrogen-bond donors (Lipinski definition) is 3. The van der Waals surface area contributed by atoms with E-state index < -0.39 is 35.6 Å². The van der Waals surface area contributed by atoms with Crippen molar-refractivity contribution in [2.75, 3.05) is 0 Å². The second-order valence-electron chi connectivity index (χ2n) is 9.45. The van der Waals surface area contributed by atoms with E-state index in [2.05, 4.69) is 15.6 Å². The maximum atomic E-state index is 13.6. The number of nitrogens with two attached hydrogens (primary N) is 1. The molecule has 0 aromatic heterocycles. The molecule has 3 rings (SSSR count). The van der Waals surface area contributed by atoms with Crippen LogP contribution in [0.15, 0.2) is 77.8 Å². The molecule has 8 nitrogen and oxygen atoms in total. The van der Waals surface area contributed by atoms with Crippen LogP contribution < -0.4 is 16.4 Å². The number of aliphatic imine (C=N–C) groups is 1. The first-order valence-electron chi connectivity index (χ1n) is 11.8. The minimum absolute atomic E-state index is 0.0326.